The number of amides is 2. The van der Waals surface area contributed by atoms with Crippen LogP contribution in [-0.2, 0) is 25.6 Å². The molecule has 4 atom stereocenters. The Labute approximate surface area is 217 Å². The first-order valence-corrected chi connectivity index (χ1v) is 12.4. The molecule has 12 heteroatoms. The third kappa shape index (κ3) is 3.74. The number of ketones is 2. The van der Waals surface area contributed by atoms with Crippen LogP contribution in [0.4, 0.5) is 5.69 Å². The Morgan fingerprint density at radius 2 is 1.84 bits per heavy atom. The molecule has 0 bridgehead atoms. The molecule has 0 aliphatic heterocycles. The van der Waals surface area contributed by atoms with Gasteiger partial charge in [0.15, 0.2) is 11.4 Å². The van der Waals surface area contributed by atoms with Crippen LogP contribution in [0.25, 0.3) is 5.76 Å². The van der Waals surface area contributed by atoms with Gasteiger partial charge in [0, 0.05) is 17.5 Å². The lowest BCUT2D eigenvalue weighted by Crippen LogP contribution is -2.65. The van der Waals surface area contributed by atoms with Gasteiger partial charge < -0.3 is 36.8 Å². The summed E-state index contributed by atoms with van der Waals surface area (Å²) in [5, 5.41) is 50.3. The standard InChI is InChI=1S/C26H30N4O8/c1-30(2)19-13-8-11-7-10-3-6-14(28-9-15(31)29-12-4-5-12)20(32)16(10)21(33)17(11)23(35)26(13,38)24(36)18(22(19)34)25(27)37/h3,6,11-13,19,28,32-33,36,38H,4-5,7-9H2,1-2H3,(H2,27,37)(H,29,31)/t11-,13-,19+,26-/m1/s1. The average Bonchev–Trinajstić information content (AvgIpc) is 3.64. The molecule has 0 aromatic heterocycles. The second kappa shape index (κ2) is 8.84. The maximum Gasteiger partial charge on any atom is 0.255 e. The Morgan fingerprint density at radius 1 is 1.16 bits per heavy atom. The van der Waals surface area contributed by atoms with Crippen molar-refractivity contribution in [3.63, 3.8) is 0 Å². The average molecular weight is 527 g/mol. The number of benzene rings is 1. The number of aliphatic hydroxyl groups excluding tert-OH is 2. The van der Waals surface area contributed by atoms with Crippen LogP contribution in [0.1, 0.15) is 30.4 Å². The van der Waals surface area contributed by atoms with Gasteiger partial charge in [-0.2, -0.15) is 0 Å². The number of anilines is 1. The molecule has 0 spiro atoms. The maximum atomic E-state index is 13.8. The Morgan fingerprint density at radius 3 is 2.45 bits per heavy atom. The van der Waals surface area contributed by atoms with Crippen LogP contribution in [0.3, 0.4) is 0 Å². The number of likely N-dealkylation sites (N-methyl/N-ethyl adjacent to an activating group) is 1. The van der Waals surface area contributed by atoms with E-state index in [1.54, 1.807) is 26.2 Å². The summed E-state index contributed by atoms with van der Waals surface area (Å²) >= 11 is 0. The number of nitrogens with zero attached hydrogens (tertiary/aromatic N) is 1. The van der Waals surface area contributed by atoms with Crippen LogP contribution in [0.15, 0.2) is 29.0 Å². The smallest absolute Gasteiger partial charge is 0.255 e. The number of phenolic OH excluding ortho intramolecular Hbond substituents is 1. The van der Waals surface area contributed by atoms with Gasteiger partial charge in [0.1, 0.15) is 22.8 Å². The summed E-state index contributed by atoms with van der Waals surface area (Å²) in [6.45, 7) is -0.113. The minimum Gasteiger partial charge on any atom is -0.508 e. The third-order valence-electron chi connectivity index (χ3n) is 7.98. The van der Waals surface area contributed by atoms with Crippen molar-refractivity contribution in [3.8, 4) is 5.75 Å². The Hall–Kier alpha value is -3.90. The van der Waals surface area contributed by atoms with E-state index in [0.717, 1.165) is 12.8 Å². The molecule has 4 aliphatic rings. The second-order valence-corrected chi connectivity index (χ2v) is 10.7. The lowest BCUT2D eigenvalue weighted by Gasteiger charge is -2.50. The maximum absolute atomic E-state index is 13.8. The van der Waals surface area contributed by atoms with Gasteiger partial charge in [-0.05, 0) is 57.3 Å². The number of rotatable bonds is 6. The number of Topliss-reactive ketones (excluding diaryl/α,β-unsaturated/α-hetero) is 2. The lowest BCUT2D eigenvalue weighted by molar-refractivity contribution is -0.153. The summed E-state index contributed by atoms with van der Waals surface area (Å²) in [6, 6.07) is 2.26. The number of primary amides is 1. The summed E-state index contributed by atoms with van der Waals surface area (Å²) in [4.78, 5) is 52.5. The summed E-state index contributed by atoms with van der Waals surface area (Å²) in [6.07, 6.45) is 2.07. The summed E-state index contributed by atoms with van der Waals surface area (Å²) in [5.41, 5.74) is 2.22. The van der Waals surface area contributed by atoms with Gasteiger partial charge >= 0.3 is 0 Å². The van der Waals surface area contributed by atoms with Crippen molar-refractivity contribution in [1.82, 2.24) is 10.2 Å². The number of nitrogens with one attached hydrogen (secondary N) is 2. The van der Waals surface area contributed by atoms with E-state index in [9.17, 15) is 39.6 Å². The van der Waals surface area contributed by atoms with Crippen LogP contribution in [0.2, 0.25) is 0 Å². The zero-order valence-electron chi connectivity index (χ0n) is 20.9. The second-order valence-electron chi connectivity index (χ2n) is 10.7. The molecule has 12 nitrogen and oxygen atoms in total. The molecule has 0 saturated heterocycles. The van der Waals surface area contributed by atoms with Crippen molar-refractivity contribution in [3.05, 3.63) is 40.2 Å². The van der Waals surface area contributed by atoms with Gasteiger partial charge in [0.25, 0.3) is 5.91 Å². The van der Waals surface area contributed by atoms with Crippen molar-refractivity contribution in [1.29, 1.82) is 0 Å². The third-order valence-corrected chi connectivity index (χ3v) is 7.98. The Bertz CT molecular complexity index is 1340. The molecule has 1 aromatic rings. The quantitative estimate of drug-likeness (QED) is 0.190. The van der Waals surface area contributed by atoms with Crippen molar-refractivity contribution >= 4 is 34.8 Å². The van der Waals surface area contributed by atoms with E-state index in [-0.39, 0.29) is 53.9 Å². The molecule has 38 heavy (non-hydrogen) atoms. The topological polar surface area (TPSA) is 203 Å². The number of aliphatic hydroxyl groups is 3. The van der Waals surface area contributed by atoms with Gasteiger partial charge in [-0.25, -0.2) is 0 Å². The number of hydrogen-bond donors (Lipinski definition) is 7. The number of carbonyl (C=O) groups excluding carboxylic acids is 4. The number of nitrogens with two attached hydrogens (primary N) is 1. The monoisotopic (exact) mass is 526 g/mol. The van der Waals surface area contributed by atoms with Crippen LogP contribution < -0.4 is 16.4 Å². The highest BCUT2D eigenvalue weighted by molar-refractivity contribution is 6.24. The van der Waals surface area contributed by atoms with Gasteiger partial charge in [-0.15, -0.1) is 0 Å². The first-order valence-electron chi connectivity index (χ1n) is 12.4. The van der Waals surface area contributed by atoms with E-state index in [4.69, 9.17) is 5.73 Å². The van der Waals surface area contributed by atoms with E-state index in [0.29, 0.717) is 5.56 Å². The molecule has 2 amide bonds. The molecule has 5 rings (SSSR count). The van der Waals surface area contributed by atoms with E-state index in [1.807, 2.05) is 0 Å². The van der Waals surface area contributed by atoms with Crippen LogP contribution >= 0.6 is 0 Å². The highest BCUT2D eigenvalue weighted by Crippen LogP contribution is 2.53. The first-order chi connectivity index (χ1) is 17.9. The molecule has 8 N–H and O–H groups in total. The molecule has 4 aliphatic carbocycles. The minimum absolute atomic E-state index is 0.0217. The number of carbonyl (C=O) groups is 4. The summed E-state index contributed by atoms with van der Waals surface area (Å²) in [5.74, 6) is -7.25. The minimum atomic E-state index is -2.68. The van der Waals surface area contributed by atoms with E-state index in [2.05, 4.69) is 10.6 Å². The number of hydrogen-bond acceptors (Lipinski definition) is 10. The lowest BCUT2D eigenvalue weighted by atomic mass is 9.57. The van der Waals surface area contributed by atoms with Crippen molar-refractivity contribution in [2.45, 2.75) is 43.4 Å². The van der Waals surface area contributed by atoms with Crippen molar-refractivity contribution in [2.24, 2.45) is 17.6 Å². The molecular weight excluding hydrogens is 496 g/mol. The normalized spacial score (nSPS) is 28.6. The zero-order chi connectivity index (χ0) is 27.7. The van der Waals surface area contributed by atoms with E-state index < -0.39 is 58.0 Å². The fourth-order valence-corrected chi connectivity index (χ4v) is 6.04. The van der Waals surface area contributed by atoms with Crippen molar-refractivity contribution in [2.75, 3.05) is 26.0 Å². The molecule has 1 aromatic carbocycles. The van der Waals surface area contributed by atoms with Crippen LogP contribution in [-0.4, -0.2) is 87.0 Å². The SMILES string of the molecule is CN(C)[C@@H]1C(=O)C(C(N)=O)=C(O)[C@]2(O)C(=O)C3=C(O)c4c(ccc(NCC(=O)NC5CC5)c4O)C[C@@H]3C[C@H]12. The summed E-state index contributed by atoms with van der Waals surface area (Å²) < 4.78 is 0. The Balaban J connectivity index is 1.56. The predicted octanol–water partition coefficient (Wildman–Crippen LogP) is -0.345. The molecule has 2 fully saturated rings. The van der Waals surface area contributed by atoms with Gasteiger partial charge in [-0.3, -0.25) is 24.1 Å². The summed E-state index contributed by atoms with van der Waals surface area (Å²) in [7, 11) is 3.09. The molecule has 0 unspecified atom stereocenters. The Kier molecular flexibility index (Phi) is 5.99. The largest absolute Gasteiger partial charge is 0.508 e. The van der Waals surface area contributed by atoms with Crippen molar-refractivity contribution < 1.29 is 39.6 Å². The highest BCUT2D eigenvalue weighted by atomic mass is 16.3. The highest BCUT2D eigenvalue weighted by Gasteiger charge is 2.64. The van der Waals surface area contributed by atoms with E-state index in [1.165, 1.54) is 4.90 Å². The van der Waals surface area contributed by atoms with Crippen LogP contribution in [0.5, 0.6) is 5.75 Å². The first kappa shape index (κ1) is 25.7. The number of aromatic hydroxyl groups is 1. The fraction of sp³-hybridized carbons (Fsp3) is 0.462. The van der Waals surface area contributed by atoms with Gasteiger partial charge in [0.05, 0.1) is 23.8 Å². The predicted molar refractivity (Wildman–Crippen MR) is 134 cm³/mol. The zero-order valence-corrected chi connectivity index (χ0v) is 20.9. The molecule has 2 saturated carbocycles. The van der Waals surface area contributed by atoms with E-state index >= 15 is 0 Å². The molecular formula is C26H30N4O8. The number of phenols is 1. The molecule has 0 heterocycles. The molecule has 202 valence electrons. The van der Waals surface area contributed by atoms with Gasteiger partial charge in [0.2, 0.25) is 11.7 Å². The molecule has 0 radical (unpaired) electrons. The van der Waals surface area contributed by atoms with Crippen LogP contribution in [0, 0.1) is 11.8 Å². The van der Waals surface area contributed by atoms with Gasteiger partial charge in [-0.1, -0.05) is 6.07 Å². The fourth-order valence-electron chi connectivity index (χ4n) is 6.04. The number of fused-ring (bicyclic) bond motifs is 3.